The number of guanidine groups is 1. The number of amides is 1. The molecule has 1 amide bonds. The molecular weight excluding hydrogens is 340 g/mol. The summed E-state index contributed by atoms with van der Waals surface area (Å²) in [4.78, 5) is 18.8. The first-order chi connectivity index (χ1) is 13.1. The number of carbonyl (C=O) groups excluding carboxylic acids is 1. The Morgan fingerprint density at radius 1 is 1.26 bits per heavy atom. The Hall–Kier alpha value is -2.24. The summed E-state index contributed by atoms with van der Waals surface area (Å²) in [6.45, 7) is 2.18. The second-order valence-corrected chi connectivity index (χ2v) is 7.87. The monoisotopic (exact) mass is 372 g/mol. The fraction of sp³-hybridized carbons (Fsp3) is 0.619. The second kappa shape index (κ2) is 8.63. The lowest BCUT2D eigenvalue weighted by molar-refractivity contribution is -0.138. The molecule has 1 heterocycles. The molecule has 27 heavy (non-hydrogen) atoms. The van der Waals surface area contributed by atoms with Crippen LogP contribution in [0.3, 0.4) is 0 Å². The van der Waals surface area contributed by atoms with Crippen LogP contribution in [0.2, 0.25) is 0 Å². The SMILES string of the molecule is CN=C(NCC1CCOc2ccccc21)NCC1(C(=O)N(C)C)CCCC1. The molecule has 0 saturated heterocycles. The van der Waals surface area contributed by atoms with Gasteiger partial charge in [-0.1, -0.05) is 31.0 Å². The number of ether oxygens (including phenoxy) is 1. The van der Waals surface area contributed by atoms with Gasteiger partial charge in [0.2, 0.25) is 5.91 Å². The molecule has 1 unspecified atom stereocenters. The van der Waals surface area contributed by atoms with Gasteiger partial charge in [0.05, 0.1) is 12.0 Å². The first kappa shape index (κ1) is 19.5. The maximum atomic E-state index is 12.7. The normalized spacial score (nSPS) is 21.1. The van der Waals surface area contributed by atoms with Crippen molar-refractivity contribution in [1.29, 1.82) is 0 Å². The quantitative estimate of drug-likeness (QED) is 0.615. The third kappa shape index (κ3) is 4.37. The highest BCUT2D eigenvalue weighted by Crippen LogP contribution is 2.39. The summed E-state index contributed by atoms with van der Waals surface area (Å²) in [6.07, 6.45) is 5.12. The van der Waals surface area contributed by atoms with E-state index < -0.39 is 0 Å². The van der Waals surface area contributed by atoms with Gasteiger partial charge in [0.15, 0.2) is 5.96 Å². The fourth-order valence-electron chi connectivity index (χ4n) is 4.31. The Kier molecular flexibility index (Phi) is 6.24. The largest absolute Gasteiger partial charge is 0.493 e. The number of nitrogens with zero attached hydrogens (tertiary/aromatic N) is 2. The van der Waals surface area contributed by atoms with Gasteiger partial charge >= 0.3 is 0 Å². The van der Waals surface area contributed by atoms with Crippen LogP contribution in [0, 0.1) is 5.41 Å². The van der Waals surface area contributed by atoms with Crippen molar-refractivity contribution in [2.75, 3.05) is 40.8 Å². The average molecular weight is 373 g/mol. The van der Waals surface area contributed by atoms with Crippen molar-refractivity contribution in [3.63, 3.8) is 0 Å². The second-order valence-electron chi connectivity index (χ2n) is 7.87. The van der Waals surface area contributed by atoms with Gasteiger partial charge < -0.3 is 20.3 Å². The van der Waals surface area contributed by atoms with Gasteiger partial charge in [0.1, 0.15) is 5.75 Å². The van der Waals surface area contributed by atoms with E-state index in [0.29, 0.717) is 12.5 Å². The van der Waals surface area contributed by atoms with Crippen LogP contribution in [-0.4, -0.2) is 57.6 Å². The van der Waals surface area contributed by atoms with E-state index in [-0.39, 0.29) is 11.3 Å². The lowest BCUT2D eigenvalue weighted by atomic mass is 9.84. The van der Waals surface area contributed by atoms with Gasteiger partial charge in [0.25, 0.3) is 0 Å². The molecule has 0 spiro atoms. The number of nitrogens with one attached hydrogen (secondary N) is 2. The molecule has 0 radical (unpaired) electrons. The standard InChI is InChI=1S/C21H32N4O2/c1-22-20(24-15-21(11-6-7-12-21)19(26)25(2)3)23-14-16-10-13-27-18-9-5-4-8-17(16)18/h4-5,8-9,16H,6-7,10-15H2,1-3H3,(H2,22,23,24). The van der Waals surface area contributed by atoms with Crippen LogP contribution in [0.5, 0.6) is 5.75 Å². The van der Waals surface area contributed by atoms with Gasteiger partial charge in [-0.05, 0) is 30.9 Å². The zero-order valence-corrected chi connectivity index (χ0v) is 16.8. The van der Waals surface area contributed by atoms with Crippen molar-refractivity contribution in [1.82, 2.24) is 15.5 Å². The van der Waals surface area contributed by atoms with Crippen molar-refractivity contribution in [2.45, 2.75) is 38.0 Å². The Morgan fingerprint density at radius 3 is 2.70 bits per heavy atom. The van der Waals surface area contributed by atoms with Crippen molar-refractivity contribution in [3.05, 3.63) is 29.8 Å². The number of benzene rings is 1. The van der Waals surface area contributed by atoms with E-state index in [1.54, 1.807) is 11.9 Å². The van der Waals surface area contributed by atoms with Crippen LogP contribution >= 0.6 is 0 Å². The predicted molar refractivity (Wildman–Crippen MR) is 108 cm³/mol. The maximum absolute atomic E-state index is 12.7. The maximum Gasteiger partial charge on any atom is 0.230 e. The Balaban J connectivity index is 1.58. The van der Waals surface area contributed by atoms with E-state index in [1.165, 1.54) is 5.56 Å². The number of para-hydroxylation sites is 1. The summed E-state index contributed by atoms with van der Waals surface area (Å²) in [6, 6.07) is 8.24. The molecule has 1 atom stereocenters. The average Bonchev–Trinajstić information content (AvgIpc) is 3.17. The van der Waals surface area contributed by atoms with Gasteiger partial charge in [-0.3, -0.25) is 9.79 Å². The number of rotatable bonds is 5. The van der Waals surface area contributed by atoms with Crippen LogP contribution in [0.15, 0.2) is 29.3 Å². The zero-order valence-electron chi connectivity index (χ0n) is 16.8. The molecule has 6 nitrogen and oxygen atoms in total. The first-order valence-electron chi connectivity index (χ1n) is 9.94. The molecule has 1 saturated carbocycles. The zero-order chi connectivity index (χ0) is 19.3. The van der Waals surface area contributed by atoms with Gasteiger partial charge in [-0.25, -0.2) is 0 Å². The van der Waals surface area contributed by atoms with E-state index in [2.05, 4.69) is 27.8 Å². The minimum Gasteiger partial charge on any atom is -0.493 e. The lowest BCUT2D eigenvalue weighted by Gasteiger charge is -2.32. The van der Waals surface area contributed by atoms with Crippen LogP contribution in [-0.2, 0) is 4.79 Å². The van der Waals surface area contributed by atoms with Crippen molar-refractivity contribution in [3.8, 4) is 5.75 Å². The summed E-state index contributed by atoms with van der Waals surface area (Å²) in [5, 5.41) is 6.86. The minimum atomic E-state index is -0.299. The highest BCUT2D eigenvalue weighted by Gasteiger charge is 2.42. The Labute approximate surface area is 162 Å². The summed E-state index contributed by atoms with van der Waals surface area (Å²) in [5.41, 5.74) is 0.952. The highest BCUT2D eigenvalue weighted by atomic mass is 16.5. The van der Waals surface area contributed by atoms with Crippen molar-refractivity contribution < 1.29 is 9.53 Å². The number of fused-ring (bicyclic) bond motifs is 1. The Bertz CT molecular complexity index is 681. The minimum absolute atomic E-state index is 0.223. The van der Waals surface area contributed by atoms with E-state index >= 15 is 0 Å². The molecule has 6 heteroatoms. The van der Waals surface area contributed by atoms with Crippen LogP contribution < -0.4 is 15.4 Å². The van der Waals surface area contributed by atoms with Crippen LogP contribution in [0.1, 0.15) is 43.6 Å². The van der Waals surface area contributed by atoms with Crippen molar-refractivity contribution >= 4 is 11.9 Å². The topological polar surface area (TPSA) is 66.0 Å². The number of hydrogen-bond acceptors (Lipinski definition) is 3. The van der Waals surface area contributed by atoms with Gasteiger partial charge in [-0.2, -0.15) is 0 Å². The molecule has 0 bridgehead atoms. The van der Waals surface area contributed by atoms with Crippen LogP contribution in [0.25, 0.3) is 0 Å². The molecule has 2 aliphatic rings. The molecule has 3 rings (SSSR count). The van der Waals surface area contributed by atoms with E-state index in [9.17, 15) is 4.79 Å². The van der Waals surface area contributed by atoms with E-state index in [1.807, 2.05) is 26.2 Å². The predicted octanol–water partition coefficient (Wildman–Crippen LogP) is 2.37. The van der Waals surface area contributed by atoms with Gasteiger partial charge in [-0.15, -0.1) is 0 Å². The molecule has 1 aromatic rings. The Morgan fingerprint density at radius 2 is 2.00 bits per heavy atom. The highest BCUT2D eigenvalue weighted by molar-refractivity contribution is 5.85. The summed E-state index contributed by atoms with van der Waals surface area (Å²) in [7, 11) is 5.47. The molecule has 1 aliphatic carbocycles. The molecule has 1 fully saturated rings. The van der Waals surface area contributed by atoms with Gasteiger partial charge in [0, 0.05) is 40.2 Å². The summed E-state index contributed by atoms with van der Waals surface area (Å²) < 4.78 is 5.75. The first-order valence-corrected chi connectivity index (χ1v) is 9.94. The number of carbonyl (C=O) groups is 1. The molecule has 148 valence electrons. The molecular formula is C21H32N4O2. The molecule has 0 aromatic heterocycles. The molecule has 2 N–H and O–H groups in total. The van der Waals surface area contributed by atoms with Crippen LogP contribution in [0.4, 0.5) is 0 Å². The summed E-state index contributed by atoms with van der Waals surface area (Å²) >= 11 is 0. The fourth-order valence-corrected chi connectivity index (χ4v) is 4.31. The van der Waals surface area contributed by atoms with Crippen molar-refractivity contribution in [2.24, 2.45) is 10.4 Å². The third-order valence-corrected chi connectivity index (χ3v) is 5.84. The number of hydrogen-bond donors (Lipinski definition) is 2. The number of aliphatic imine (C=N–C) groups is 1. The molecule has 1 aromatic carbocycles. The van der Waals surface area contributed by atoms with E-state index in [4.69, 9.17) is 4.74 Å². The van der Waals surface area contributed by atoms with E-state index in [0.717, 1.165) is 57.0 Å². The lowest BCUT2D eigenvalue weighted by Crippen LogP contribution is -2.49. The molecule has 1 aliphatic heterocycles. The smallest absolute Gasteiger partial charge is 0.230 e. The summed E-state index contributed by atoms with van der Waals surface area (Å²) in [5.74, 6) is 2.37. The third-order valence-electron chi connectivity index (χ3n) is 5.84.